The maximum Gasteiger partial charge on any atom is 0.257 e. The molecule has 0 aliphatic heterocycles. The lowest BCUT2D eigenvalue weighted by atomic mass is 10.2. The molecular formula is C11H13F2N3O2S. The summed E-state index contributed by atoms with van der Waals surface area (Å²) in [5.74, 6) is 2.58. The third-order valence-electron chi connectivity index (χ3n) is 1.90. The number of hydrogen-bond donors (Lipinski definition) is 2. The quantitative estimate of drug-likeness (QED) is 0.608. The molecule has 8 heteroatoms. The predicted molar refractivity (Wildman–Crippen MR) is 66.3 cm³/mol. The van der Waals surface area contributed by atoms with E-state index in [0.717, 1.165) is 11.1 Å². The number of nitrogens with two attached hydrogens (primary N) is 1. The van der Waals surface area contributed by atoms with E-state index in [9.17, 15) is 17.2 Å². The van der Waals surface area contributed by atoms with Crippen LogP contribution in [-0.2, 0) is 10.0 Å². The molecule has 0 saturated carbocycles. The number of hydrazine groups is 1. The minimum absolute atomic E-state index is 0.0568. The van der Waals surface area contributed by atoms with Crippen LogP contribution in [0.5, 0.6) is 0 Å². The Morgan fingerprint density at radius 2 is 2.00 bits per heavy atom. The first-order valence-electron chi connectivity index (χ1n) is 5.15. The maximum atomic E-state index is 13.7. The first-order chi connectivity index (χ1) is 8.77. The first kappa shape index (κ1) is 15.5. The minimum Gasteiger partial charge on any atom is -0.320 e. The van der Waals surface area contributed by atoms with E-state index in [1.54, 1.807) is 0 Å². The van der Waals surface area contributed by atoms with Crippen molar-refractivity contribution in [3.8, 4) is 11.8 Å². The van der Waals surface area contributed by atoms with Gasteiger partial charge < -0.3 is 5.73 Å². The van der Waals surface area contributed by atoms with E-state index in [-0.39, 0.29) is 12.1 Å². The molecule has 0 fully saturated rings. The summed E-state index contributed by atoms with van der Waals surface area (Å²) in [6, 6.07) is 1.33. The van der Waals surface area contributed by atoms with Gasteiger partial charge in [0.05, 0.1) is 12.1 Å². The Bertz CT molecular complexity index is 633. The second-order valence-electron chi connectivity index (χ2n) is 3.76. The van der Waals surface area contributed by atoms with Gasteiger partial charge in [-0.2, -0.15) is 0 Å². The molecule has 1 rings (SSSR count). The van der Waals surface area contributed by atoms with Crippen LogP contribution in [0.4, 0.5) is 8.78 Å². The van der Waals surface area contributed by atoms with E-state index in [1.165, 1.54) is 14.1 Å². The summed E-state index contributed by atoms with van der Waals surface area (Å²) in [4.78, 5) is 1.35. The second kappa shape index (κ2) is 6.08. The molecule has 0 amide bonds. The maximum absolute atomic E-state index is 13.7. The summed E-state index contributed by atoms with van der Waals surface area (Å²) in [6.07, 6.45) is 0. The largest absolute Gasteiger partial charge is 0.320 e. The van der Waals surface area contributed by atoms with E-state index < -0.39 is 26.6 Å². The Kier molecular flexibility index (Phi) is 4.97. The van der Waals surface area contributed by atoms with Crippen LogP contribution < -0.4 is 10.6 Å². The van der Waals surface area contributed by atoms with Gasteiger partial charge in [0.2, 0.25) is 0 Å². The van der Waals surface area contributed by atoms with Crippen molar-refractivity contribution in [3.63, 3.8) is 0 Å². The number of benzene rings is 1. The molecule has 0 aromatic heterocycles. The highest BCUT2D eigenvalue weighted by molar-refractivity contribution is 7.89. The fraction of sp³-hybridized carbons (Fsp3) is 0.273. The highest BCUT2D eigenvalue weighted by Gasteiger charge is 2.24. The zero-order chi connectivity index (χ0) is 14.6. The van der Waals surface area contributed by atoms with Crippen molar-refractivity contribution >= 4 is 10.0 Å². The topological polar surface area (TPSA) is 75.4 Å². The SMILES string of the molecule is CN(C)NS(=O)(=O)c1c(F)cc(F)cc1C#CCN. The fourth-order valence-corrected chi connectivity index (χ4v) is 2.65. The van der Waals surface area contributed by atoms with Gasteiger partial charge in [-0.05, 0) is 6.07 Å². The summed E-state index contributed by atoms with van der Waals surface area (Å²) < 4.78 is 50.7. The third-order valence-corrected chi connectivity index (χ3v) is 3.46. The molecule has 0 saturated heterocycles. The third kappa shape index (κ3) is 3.97. The highest BCUT2D eigenvalue weighted by Crippen LogP contribution is 2.20. The van der Waals surface area contributed by atoms with Gasteiger partial charge in [0.1, 0.15) is 16.5 Å². The van der Waals surface area contributed by atoms with Crippen LogP contribution in [0.25, 0.3) is 0 Å². The molecule has 1 aromatic rings. The number of nitrogens with zero attached hydrogens (tertiary/aromatic N) is 1. The molecule has 0 aliphatic carbocycles. The van der Waals surface area contributed by atoms with Crippen LogP contribution in [0.2, 0.25) is 0 Å². The van der Waals surface area contributed by atoms with Crippen LogP contribution in [0, 0.1) is 23.5 Å². The Labute approximate surface area is 110 Å². The van der Waals surface area contributed by atoms with E-state index in [2.05, 4.69) is 16.7 Å². The van der Waals surface area contributed by atoms with Crippen LogP contribution in [0.1, 0.15) is 5.56 Å². The average molecular weight is 289 g/mol. The summed E-state index contributed by atoms with van der Waals surface area (Å²) in [5, 5.41) is 1.12. The molecule has 0 atom stereocenters. The monoisotopic (exact) mass is 289 g/mol. The molecule has 3 N–H and O–H groups in total. The van der Waals surface area contributed by atoms with Crippen molar-refractivity contribution in [1.82, 2.24) is 9.84 Å². The lowest BCUT2D eigenvalue weighted by molar-refractivity contribution is 0.362. The molecule has 0 aliphatic rings. The molecule has 0 spiro atoms. The predicted octanol–water partition coefficient (Wildman–Crippen LogP) is 0.0299. The Hall–Kier alpha value is -1.53. The van der Waals surface area contributed by atoms with Crippen molar-refractivity contribution in [2.75, 3.05) is 20.6 Å². The zero-order valence-corrected chi connectivity index (χ0v) is 11.2. The molecular weight excluding hydrogens is 276 g/mol. The number of sulfonamides is 1. The minimum atomic E-state index is -4.18. The summed E-state index contributed by atoms with van der Waals surface area (Å²) in [7, 11) is -1.34. The van der Waals surface area contributed by atoms with E-state index >= 15 is 0 Å². The van der Waals surface area contributed by atoms with Crippen molar-refractivity contribution in [3.05, 3.63) is 29.3 Å². The van der Waals surface area contributed by atoms with Crippen molar-refractivity contribution in [2.45, 2.75) is 4.90 Å². The number of hydrogen-bond acceptors (Lipinski definition) is 4. The van der Waals surface area contributed by atoms with Gasteiger partial charge in [0, 0.05) is 20.2 Å². The Morgan fingerprint density at radius 3 is 2.53 bits per heavy atom. The van der Waals surface area contributed by atoms with Gasteiger partial charge in [-0.3, -0.25) is 0 Å². The van der Waals surface area contributed by atoms with Gasteiger partial charge in [-0.15, -0.1) is 4.83 Å². The van der Waals surface area contributed by atoms with Crippen molar-refractivity contribution in [1.29, 1.82) is 0 Å². The lowest BCUT2D eigenvalue weighted by Gasteiger charge is -2.14. The summed E-state index contributed by atoms with van der Waals surface area (Å²) in [5.41, 5.74) is 4.88. The Morgan fingerprint density at radius 1 is 1.37 bits per heavy atom. The average Bonchev–Trinajstić information content (AvgIpc) is 2.22. The number of nitrogens with one attached hydrogen (secondary N) is 1. The molecule has 0 unspecified atom stereocenters. The Balaban J connectivity index is 3.49. The smallest absolute Gasteiger partial charge is 0.257 e. The second-order valence-corrected chi connectivity index (χ2v) is 5.36. The van der Waals surface area contributed by atoms with Crippen LogP contribution in [0.3, 0.4) is 0 Å². The fourth-order valence-electron chi connectivity index (χ4n) is 1.36. The first-order valence-corrected chi connectivity index (χ1v) is 6.64. The number of rotatable bonds is 3. The molecule has 104 valence electrons. The molecule has 0 radical (unpaired) electrons. The van der Waals surface area contributed by atoms with Gasteiger partial charge >= 0.3 is 0 Å². The van der Waals surface area contributed by atoms with Gasteiger partial charge in [-0.1, -0.05) is 11.8 Å². The van der Waals surface area contributed by atoms with Crippen LogP contribution in [0.15, 0.2) is 17.0 Å². The van der Waals surface area contributed by atoms with E-state index in [4.69, 9.17) is 5.73 Å². The normalized spacial score (nSPS) is 11.3. The molecule has 19 heavy (non-hydrogen) atoms. The molecule has 1 aromatic carbocycles. The van der Waals surface area contributed by atoms with E-state index in [0.29, 0.717) is 6.07 Å². The highest BCUT2D eigenvalue weighted by atomic mass is 32.2. The van der Waals surface area contributed by atoms with E-state index in [1.807, 2.05) is 0 Å². The van der Waals surface area contributed by atoms with Gasteiger partial charge in [-0.25, -0.2) is 22.2 Å². The zero-order valence-electron chi connectivity index (χ0n) is 10.4. The summed E-state index contributed by atoms with van der Waals surface area (Å²) in [6.45, 7) is -0.0568. The molecule has 5 nitrogen and oxygen atoms in total. The van der Waals surface area contributed by atoms with Gasteiger partial charge in [0.25, 0.3) is 10.0 Å². The number of halogens is 2. The van der Waals surface area contributed by atoms with Crippen LogP contribution >= 0.6 is 0 Å². The van der Waals surface area contributed by atoms with Crippen molar-refractivity contribution < 1.29 is 17.2 Å². The van der Waals surface area contributed by atoms with Crippen molar-refractivity contribution in [2.24, 2.45) is 5.73 Å². The van der Waals surface area contributed by atoms with Gasteiger partial charge in [0.15, 0.2) is 0 Å². The standard InChI is InChI=1S/C11H13F2N3O2S/c1-16(2)15-19(17,18)11-8(4-3-5-14)6-9(12)7-10(11)13/h6-7,15H,5,14H2,1-2H3. The molecule has 0 bridgehead atoms. The lowest BCUT2D eigenvalue weighted by Crippen LogP contribution is -2.37. The molecule has 0 heterocycles. The summed E-state index contributed by atoms with van der Waals surface area (Å²) >= 11 is 0. The van der Waals surface area contributed by atoms with Crippen LogP contribution in [-0.4, -0.2) is 34.1 Å².